The molecule has 6 heteroatoms. The van der Waals surface area contributed by atoms with Crippen LogP contribution in [0.5, 0.6) is 0 Å². The minimum atomic E-state index is -4.07. The predicted octanol–water partition coefficient (Wildman–Crippen LogP) is 2.09. The summed E-state index contributed by atoms with van der Waals surface area (Å²) in [7, 11) is 0. The van der Waals surface area contributed by atoms with Crippen LogP contribution < -0.4 is 5.32 Å². The Balaban J connectivity index is 1.78. The van der Waals surface area contributed by atoms with Crippen LogP contribution in [0.3, 0.4) is 0 Å². The summed E-state index contributed by atoms with van der Waals surface area (Å²) >= 11 is 0. The number of rotatable bonds is 5. The van der Waals surface area contributed by atoms with E-state index in [9.17, 15) is 13.2 Å². The lowest BCUT2D eigenvalue weighted by Crippen LogP contribution is -2.55. The van der Waals surface area contributed by atoms with E-state index in [-0.39, 0.29) is 0 Å². The largest absolute Gasteiger partial charge is 0.401 e. The standard InChI is InChI=1S/C14H26F3N3/c1-2-6-18-12-4-3-5-13(12)20-9-7-19(8-10-20)11-14(15,16)17/h12-13,18H,2-11H2,1H3. The molecule has 0 aromatic carbocycles. The Bertz CT molecular complexity index is 288. The van der Waals surface area contributed by atoms with Crippen molar-refractivity contribution in [1.29, 1.82) is 0 Å². The van der Waals surface area contributed by atoms with Gasteiger partial charge in [-0.1, -0.05) is 13.3 Å². The first-order valence-electron chi connectivity index (χ1n) is 7.76. The maximum Gasteiger partial charge on any atom is 0.401 e. The monoisotopic (exact) mass is 293 g/mol. The maximum absolute atomic E-state index is 12.4. The predicted molar refractivity (Wildman–Crippen MR) is 73.8 cm³/mol. The van der Waals surface area contributed by atoms with Crippen LogP contribution in [0, 0.1) is 0 Å². The van der Waals surface area contributed by atoms with Crippen molar-refractivity contribution in [1.82, 2.24) is 15.1 Å². The Morgan fingerprint density at radius 2 is 1.80 bits per heavy atom. The van der Waals surface area contributed by atoms with Gasteiger partial charge in [-0.3, -0.25) is 9.80 Å². The number of hydrogen-bond acceptors (Lipinski definition) is 3. The summed E-state index contributed by atoms with van der Waals surface area (Å²) in [6.07, 6.45) is 0.673. The SMILES string of the molecule is CCCNC1CCCC1N1CCN(CC(F)(F)F)CC1. The fourth-order valence-corrected chi connectivity index (χ4v) is 3.45. The van der Waals surface area contributed by atoms with Crippen molar-refractivity contribution in [3.63, 3.8) is 0 Å². The zero-order chi connectivity index (χ0) is 14.6. The molecule has 1 saturated heterocycles. The molecule has 0 bridgehead atoms. The number of hydrogen-bond donors (Lipinski definition) is 1. The van der Waals surface area contributed by atoms with E-state index < -0.39 is 12.7 Å². The first-order chi connectivity index (χ1) is 9.49. The number of halogens is 3. The number of nitrogens with one attached hydrogen (secondary N) is 1. The van der Waals surface area contributed by atoms with Crippen molar-refractivity contribution < 1.29 is 13.2 Å². The Morgan fingerprint density at radius 1 is 1.10 bits per heavy atom. The third-order valence-electron chi connectivity index (χ3n) is 4.41. The maximum atomic E-state index is 12.4. The molecule has 1 aliphatic heterocycles. The van der Waals surface area contributed by atoms with Crippen molar-refractivity contribution >= 4 is 0 Å². The summed E-state index contributed by atoms with van der Waals surface area (Å²) in [6.45, 7) is 5.05. The first-order valence-corrected chi connectivity index (χ1v) is 7.76. The van der Waals surface area contributed by atoms with Crippen LogP contribution in [0.4, 0.5) is 13.2 Å². The van der Waals surface area contributed by atoms with Crippen molar-refractivity contribution in [3.05, 3.63) is 0 Å². The summed E-state index contributed by atoms with van der Waals surface area (Å²) in [4.78, 5) is 3.92. The third-order valence-corrected chi connectivity index (χ3v) is 4.41. The zero-order valence-electron chi connectivity index (χ0n) is 12.3. The molecule has 2 atom stereocenters. The molecule has 0 amide bonds. The Labute approximate surface area is 119 Å². The van der Waals surface area contributed by atoms with Gasteiger partial charge in [0.05, 0.1) is 6.54 Å². The molecule has 2 rings (SSSR count). The molecule has 1 N–H and O–H groups in total. The van der Waals surface area contributed by atoms with Gasteiger partial charge in [0.1, 0.15) is 0 Å². The van der Waals surface area contributed by atoms with Gasteiger partial charge < -0.3 is 5.32 Å². The van der Waals surface area contributed by atoms with E-state index in [1.807, 2.05) is 0 Å². The first kappa shape index (κ1) is 16.0. The molecular weight excluding hydrogens is 267 g/mol. The van der Waals surface area contributed by atoms with E-state index >= 15 is 0 Å². The normalized spacial score (nSPS) is 30.0. The van der Waals surface area contributed by atoms with E-state index in [0.29, 0.717) is 25.2 Å². The molecule has 2 aliphatic rings. The lowest BCUT2D eigenvalue weighted by molar-refractivity contribution is -0.149. The summed E-state index contributed by atoms with van der Waals surface area (Å²) in [6, 6.07) is 1.05. The van der Waals surface area contributed by atoms with Crippen LogP contribution in [-0.2, 0) is 0 Å². The molecule has 3 nitrogen and oxygen atoms in total. The smallest absolute Gasteiger partial charge is 0.312 e. The molecule has 2 fully saturated rings. The second-order valence-corrected chi connectivity index (χ2v) is 5.99. The summed E-state index contributed by atoms with van der Waals surface area (Å²) in [5, 5.41) is 3.59. The van der Waals surface area contributed by atoms with Crippen LogP contribution in [0.25, 0.3) is 0 Å². The topological polar surface area (TPSA) is 18.5 Å². The van der Waals surface area contributed by atoms with Gasteiger partial charge in [0.15, 0.2) is 0 Å². The van der Waals surface area contributed by atoms with Crippen LogP contribution in [0.1, 0.15) is 32.6 Å². The Morgan fingerprint density at radius 3 is 2.40 bits per heavy atom. The molecule has 0 aromatic rings. The second kappa shape index (κ2) is 7.09. The van der Waals surface area contributed by atoms with Crippen LogP contribution in [0.2, 0.25) is 0 Å². The van der Waals surface area contributed by atoms with Crippen molar-refractivity contribution in [2.24, 2.45) is 0 Å². The number of nitrogens with zero attached hydrogens (tertiary/aromatic N) is 2. The second-order valence-electron chi connectivity index (χ2n) is 5.99. The van der Waals surface area contributed by atoms with Crippen LogP contribution in [0.15, 0.2) is 0 Å². The van der Waals surface area contributed by atoms with Gasteiger partial charge in [-0.25, -0.2) is 0 Å². The quantitative estimate of drug-likeness (QED) is 0.837. The molecule has 118 valence electrons. The zero-order valence-corrected chi connectivity index (χ0v) is 12.3. The molecule has 0 radical (unpaired) electrons. The van der Waals surface area contributed by atoms with E-state index in [1.165, 1.54) is 24.2 Å². The van der Waals surface area contributed by atoms with E-state index in [0.717, 1.165) is 26.1 Å². The average molecular weight is 293 g/mol. The lowest BCUT2D eigenvalue weighted by atomic mass is 10.1. The molecule has 2 unspecified atom stereocenters. The highest BCUT2D eigenvalue weighted by atomic mass is 19.4. The van der Waals surface area contributed by atoms with Gasteiger partial charge in [0, 0.05) is 38.3 Å². The molecule has 1 aliphatic carbocycles. The summed E-state index contributed by atoms with van der Waals surface area (Å²) in [5.41, 5.74) is 0. The fourth-order valence-electron chi connectivity index (χ4n) is 3.45. The minimum Gasteiger partial charge on any atom is -0.312 e. The van der Waals surface area contributed by atoms with Gasteiger partial charge in [0.25, 0.3) is 0 Å². The molecule has 0 aromatic heterocycles. The fraction of sp³-hybridized carbons (Fsp3) is 1.00. The molecule has 0 spiro atoms. The molecular formula is C14H26F3N3. The number of alkyl halides is 3. The van der Waals surface area contributed by atoms with E-state index in [4.69, 9.17) is 0 Å². The van der Waals surface area contributed by atoms with Crippen molar-refractivity contribution in [3.8, 4) is 0 Å². The average Bonchev–Trinajstić information content (AvgIpc) is 2.83. The summed E-state index contributed by atoms with van der Waals surface area (Å²) < 4.78 is 37.1. The van der Waals surface area contributed by atoms with Gasteiger partial charge in [-0.15, -0.1) is 0 Å². The number of piperazine rings is 1. The molecule has 1 heterocycles. The Kier molecular flexibility index (Phi) is 5.69. The minimum absolute atomic E-state index is 0.523. The van der Waals surface area contributed by atoms with E-state index in [1.54, 1.807) is 0 Å². The van der Waals surface area contributed by atoms with Crippen LogP contribution >= 0.6 is 0 Å². The third kappa shape index (κ3) is 4.60. The van der Waals surface area contributed by atoms with Gasteiger partial charge in [-0.2, -0.15) is 13.2 Å². The highest BCUT2D eigenvalue weighted by Gasteiger charge is 2.36. The van der Waals surface area contributed by atoms with Gasteiger partial charge in [-0.05, 0) is 25.8 Å². The van der Waals surface area contributed by atoms with E-state index in [2.05, 4.69) is 17.1 Å². The van der Waals surface area contributed by atoms with Crippen molar-refractivity contribution in [2.45, 2.75) is 50.9 Å². The van der Waals surface area contributed by atoms with Gasteiger partial charge in [0.2, 0.25) is 0 Å². The highest BCUT2D eigenvalue weighted by Crippen LogP contribution is 2.26. The van der Waals surface area contributed by atoms with Crippen LogP contribution in [-0.4, -0.2) is 67.3 Å². The summed E-state index contributed by atoms with van der Waals surface area (Å²) in [5.74, 6) is 0. The molecule has 1 saturated carbocycles. The highest BCUT2D eigenvalue weighted by molar-refractivity contribution is 4.92. The molecule has 20 heavy (non-hydrogen) atoms. The Hall–Kier alpha value is -0.330. The van der Waals surface area contributed by atoms with Gasteiger partial charge >= 0.3 is 6.18 Å². The van der Waals surface area contributed by atoms with Crippen molar-refractivity contribution in [2.75, 3.05) is 39.3 Å². The lowest BCUT2D eigenvalue weighted by Gasteiger charge is -2.40.